The quantitative estimate of drug-likeness (QED) is 0.133. The maximum atomic E-state index is 15.0. The van der Waals surface area contributed by atoms with Gasteiger partial charge in [0.15, 0.2) is 5.72 Å². The summed E-state index contributed by atoms with van der Waals surface area (Å²) in [6.45, 7) is 7.06. The number of hydrogen-bond acceptors (Lipinski definition) is 8. The maximum absolute atomic E-state index is 15.0. The van der Waals surface area contributed by atoms with E-state index in [-0.39, 0.29) is 35.9 Å². The number of nitrogens with one attached hydrogen (secondary N) is 2. The van der Waals surface area contributed by atoms with E-state index in [0.29, 0.717) is 50.4 Å². The molecule has 0 amide bonds. The lowest BCUT2D eigenvalue weighted by Crippen LogP contribution is -2.81. The number of aliphatic hydroxyl groups excluding tert-OH is 1. The normalized spacial score (nSPS) is 40.9. The van der Waals surface area contributed by atoms with Crippen molar-refractivity contribution >= 4 is 11.9 Å². The van der Waals surface area contributed by atoms with Crippen LogP contribution in [0.4, 0.5) is 0 Å². The van der Waals surface area contributed by atoms with Crippen LogP contribution in [0.1, 0.15) is 148 Å². The van der Waals surface area contributed by atoms with Crippen LogP contribution in [0.25, 0.3) is 0 Å². The van der Waals surface area contributed by atoms with Crippen molar-refractivity contribution in [2.45, 2.75) is 173 Å². The number of carbonyl (C=O) groups is 2. The Bertz CT molecular complexity index is 1690. The molecule has 3 heterocycles. The first-order valence-corrected chi connectivity index (χ1v) is 22.0. The predicted octanol–water partition coefficient (Wildman–Crippen LogP) is 7.86. The number of rotatable bonds is 11. The monoisotopic (exact) mass is 754 g/mol. The molecule has 55 heavy (non-hydrogen) atoms. The van der Waals surface area contributed by atoms with Gasteiger partial charge in [0.25, 0.3) is 0 Å². The minimum Gasteiger partial charge on any atom is -0.458 e. The van der Waals surface area contributed by atoms with E-state index in [1.54, 1.807) is 6.08 Å². The van der Waals surface area contributed by atoms with Crippen molar-refractivity contribution in [3.05, 3.63) is 47.5 Å². The van der Waals surface area contributed by atoms with Crippen molar-refractivity contribution in [3.8, 4) is 11.8 Å². The number of fused-ring (bicyclic) bond motifs is 3. The van der Waals surface area contributed by atoms with Gasteiger partial charge >= 0.3 is 11.9 Å². The van der Waals surface area contributed by atoms with Gasteiger partial charge in [-0.3, -0.25) is 10.2 Å². The average Bonchev–Trinajstić information content (AvgIpc) is 3.82. The topological polar surface area (TPSA) is 117 Å². The zero-order valence-corrected chi connectivity index (χ0v) is 33.7. The van der Waals surface area contributed by atoms with Crippen LogP contribution in [0.3, 0.4) is 0 Å². The van der Waals surface area contributed by atoms with Gasteiger partial charge in [0.1, 0.15) is 6.61 Å². The third kappa shape index (κ3) is 6.52. The molecule has 4 saturated carbocycles. The molecule has 2 spiro atoms. The van der Waals surface area contributed by atoms with Crippen molar-refractivity contribution in [1.82, 2.24) is 10.9 Å². The fourth-order valence-electron chi connectivity index (χ4n) is 13.8. The van der Waals surface area contributed by atoms with E-state index in [2.05, 4.69) is 73.8 Å². The molecule has 8 nitrogen and oxygen atoms in total. The molecular weight excluding hydrogens is 689 g/mol. The van der Waals surface area contributed by atoms with E-state index in [1.807, 2.05) is 0 Å². The molecular formula is C47H66N2O6. The van der Waals surface area contributed by atoms with Crippen LogP contribution in [0, 0.1) is 51.3 Å². The number of carbonyl (C=O) groups excluding carboxylic acids is 2. The molecule has 8 rings (SSSR count). The number of esters is 2. The summed E-state index contributed by atoms with van der Waals surface area (Å²) in [5.41, 5.74) is 4.07. The fourth-order valence-corrected chi connectivity index (χ4v) is 13.8. The SMILES string of the molecule is CC(CCCc1ccccc1)CCCC12C(O)CCC3(C)C4CCCC4NNC4(CC(C)(C#CCC5(CCCCC5)C(=O)O4)C1(O)CCC1=CC(=O)OC1)C32. The average molecular weight is 755 g/mol. The molecule has 4 N–H and O–H groups in total. The Hall–Kier alpha value is -2.70. The van der Waals surface area contributed by atoms with E-state index in [4.69, 9.17) is 9.47 Å². The van der Waals surface area contributed by atoms with Gasteiger partial charge in [0.2, 0.25) is 0 Å². The number of hydrazine groups is 1. The molecule has 4 aliphatic carbocycles. The van der Waals surface area contributed by atoms with Crippen molar-refractivity contribution in [2.24, 2.45) is 39.4 Å². The smallest absolute Gasteiger partial charge is 0.331 e. The van der Waals surface area contributed by atoms with Gasteiger partial charge in [0.05, 0.1) is 22.5 Å². The van der Waals surface area contributed by atoms with E-state index in [0.717, 1.165) is 95.5 Å². The zero-order valence-electron chi connectivity index (χ0n) is 33.7. The highest BCUT2D eigenvalue weighted by Gasteiger charge is 2.80. The van der Waals surface area contributed by atoms with Gasteiger partial charge in [-0.1, -0.05) is 95.0 Å². The second kappa shape index (κ2) is 14.9. The van der Waals surface area contributed by atoms with Gasteiger partial charge in [0, 0.05) is 36.3 Å². The Kier molecular flexibility index (Phi) is 10.6. The standard InChI is InChI=1S/C47H66N2O6/c1-33(14-10-18-34-16-6-4-7-17-34)15-12-27-45-38(50)22-28-43(3)36-19-11-20-37(36)48-49-46(40(43)45)32-42(2,47(45,53)29-21-35-30-39(51)54-31-35)23-13-26-44(41(52)55-46)24-8-5-9-25-44/h4,6-7,16-17,30,33,36-38,40,48-50,53H,5,8-12,14-15,18-22,24-29,31-32H2,1-3H3. The Morgan fingerprint density at radius 3 is 2.49 bits per heavy atom. The molecule has 300 valence electrons. The lowest BCUT2D eigenvalue weighted by atomic mass is 9.34. The molecule has 10 unspecified atom stereocenters. The van der Waals surface area contributed by atoms with Crippen molar-refractivity contribution in [1.29, 1.82) is 0 Å². The van der Waals surface area contributed by atoms with Crippen LogP contribution >= 0.6 is 0 Å². The van der Waals surface area contributed by atoms with Gasteiger partial charge in [-0.05, 0) is 106 Å². The van der Waals surface area contributed by atoms with E-state index < -0.39 is 33.7 Å². The van der Waals surface area contributed by atoms with Gasteiger partial charge in [-0.25, -0.2) is 10.2 Å². The highest BCUT2D eigenvalue weighted by Crippen LogP contribution is 2.74. The van der Waals surface area contributed by atoms with Crippen molar-refractivity contribution in [3.63, 3.8) is 0 Å². The molecule has 2 bridgehead atoms. The Morgan fingerprint density at radius 2 is 1.73 bits per heavy atom. The number of ether oxygens (including phenoxy) is 2. The largest absolute Gasteiger partial charge is 0.458 e. The van der Waals surface area contributed by atoms with Crippen LogP contribution in [0.2, 0.25) is 0 Å². The summed E-state index contributed by atoms with van der Waals surface area (Å²) in [7, 11) is 0. The Balaban J connectivity index is 1.23. The predicted molar refractivity (Wildman–Crippen MR) is 212 cm³/mol. The summed E-state index contributed by atoms with van der Waals surface area (Å²) in [6.07, 6.45) is 17.2. The first-order valence-electron chi connectivity index (χ1n) is 22.0. The Morgan fingerprint density at radius 1 is 0.945 bits per heavy atom. The third-order valence-corrected chi connectivity index (χ3v) is 16.5. The third-order valence-electron chi connectivity index (χ3n) is 16.5. The molecule has 10 atom stereocenters. The summed E-state index contributed by atoms with van der Waals surface area (Å²) in [6, 6.07) is 10.9. The number of hydrogen-bond donors (Lipinski definition) is 4. The van der Waals surface area contributed by atoms with Crippen LogP contribution < -0.4 is 10.9 Å². The summed E-state index contributed by atoms with van der Waals surface area (Å²) >= 11 is 0. The van der Waals surface area contributed by atoms with Gasteiger partial charge < -0.3 is 19.7 Å². The summed E-state index contributed by atoms with van der Waals surface area (Å²) < 4.78 is 12.6. The number of benzene rings is 1. The van der Waals surface area contributed by atoms with E-state index >= 15 is 0 Å². The van der Waals surface area contributed by atoms with Gasteiger partial charge in [-0.15, -0.1) is 5.92 Å². The molecule has 5 fully saturated rings. The summed E-state index contributed by atoms with van der Waals surface area (Å²) in [4.78, 5) is 27.2. The second-order valence-corrected chi connectivity index (χ2v) is 19.7. The van der Waals surface area contributed by atoms with E-state index in [9.17, 15) is 19.8 Å². The lowest BCUT2D eigenvalue weighted by Gasteiger charge is -2.72. The van der Waals surface area contributed by atoms with Gasteiger partial charge in [-0.2, -0.15) is 0 Å². The number of aryl methyl sites for hydroxylation is 1. The first kappa shape index (κ1) is 39.1. The fraction of sp³-hybridized carbons (Fsp3) is 0.745. The van der Waals surface area contributed by atoms with Crippen LogP contribution in [-0.4, -0.2) is 52.2 Å². The van der Waals surface area contributed by atoms with Crippen LogP contribution in [0.15, 0.2) is 42.0 Å². The summed E-state index contributed by atoms with van der Waals surface area (Å²) in [5.74, 6) is 7.16. The molecule has 1 aromatic carbocycles. The zero-order chi connectivity index (χ0) is 38.5. The second-order valence-electron chi connectivity index (χ2n) is 19.7. The van der Waals surface area contributed by atoms with Crippen LogP contribution in [-0.2, 0) is 25.5 Å². The number of aliphatic hydroxyl groups is 2. The molecule has 7 aliphatic rings. The molecule has 3 aliphatic heterocycles. The number of cyclic esters (lactones) is 1. The minimum absolute atomic E-state index is 0.160. The Labute approximate surface area is 329 Å². The summed E-state index contributed by atoms with van der Waals surface area (Å²) in [5, 5.41) is 27.2. The highest BCUT2D eigenvalue weighted by atomic mass is 16.6. The molecule has 0 aromatic heterocycles. The molecule has 1 saturated heterocycles. The first-order chi connectivity index (χ1) is 26.4. The van der Waals surface area contributed by atoms with Crippen molar-refractivity contribution < 1.29 is 29.3 Å². The molecule has 0 radical (unpaired) electrons. The highest BCUT2D eigenvalue weighted by molar-refractivity contribution is 5.85. The minimum atomic E-state index is -1.46. The molecule has 8 heteroatoms. The van der Waals surface area contributed by atoms with Crippen molar-refractivity contribution in [2.75, 3.05) is 6.61 Å². The molecule has 1 aromatic rings. The van der Waals surface area contributed by atoms with E-state index in [1.165, 1.54) is 5.56 Å². The van der Waals surface area contributed by atoms with Crippen LogP contribution in [0.5, 0.6) is 0 Å². The maximum Gasteiger partial charge on any atom is 0.331 e. The lowest BCUT2D eigenvalue weighted by molar-refractivity contribution is -0.343.